The molecule has 0 aliphatic heterocycles. The number of hydrogen-bond donors (Lipinski definition) is 1. The highest BCUT2D eigenvalue weighted by atomic mass is 35.5. The molecule has 1 atom stereocenters. The third-order valence-corrected chi connectivity index (χ3v) is 2.81. The third-order valence-electron chi connectivity index (χ3n) is 2.15. The molecule has 0 saturated carbocycles. The Morgan fingerprint density at radius 2 is 1.88 bits per heavy atom. The fourth-order valence-electron chi connectivity index (χ4n) is 1.35. The lowest BCUT2D eigenvalue weighted by Gasteiger charge is -2.16. The van der Waals surface area contributed by atoms with E-state index in [4.69, 9.17) is 28.5 Å². The van der Waals surface area contributed by atoms with Crippen LogP contribution in [-0.4, -0.2) is 6.54 Å². The van der Waals surface area contributed by atoms with E-state index in [0.717, 1.165) is 6.54 Å². The topological polar surface area (TPSA) is 35.8 Å². The van der Waals surface area contributed by atoms with E-state index >= 15 is 0 Å². The summed E-state index contributed by atoms with van der Waals surface area (Å²) in [5, 5.41) is 13.3. The maximum absolute atomic E-state index is 9.11. The van der Waals surface area contributed by atoms with Crippen LogP contribution in [-0.2, 0) is 0 Å². The number of hydrogen-bond acceptors (Lipinski definition) is 2. The molecule has 0 amide bonds. The molecular formula is C12H14Cl2N2. The normalized spacial score (nSPS) is 12.5. The van der Waals surface area contributed by atoms with Crippen molar-refractivity contribution in [2.75, 3.05) is 6.54 Å². The summed E-state index contributed by atoms with van der Waals surface area (Å²) in [5.74, 6) is 0.470. The van der Waals surface area contributed by atoms with Gasteiger partial charge in [0.15, 0.2) is 0 Å². The van der Waals surface area contributed by atoms with Gasteiger partial charge < -0.3 is 0 Å². The number of halogens is 2. The number of nitrogens with zero attached hydrogens (tertiary/aromatic N) is 1. The first-order valence-corrected chi connectivity index (χ1v) is 5.88. The molecule has 4 heteroatoms. The average molecular weight is 257 g/mol. The summed E-state index contributed by atoms with van der Waals surface area (Å²) in [6.45, 7) is 4.91. The van der Waals surface area contributed by atoms with E-state index in [9.17, 15) is 0 Å². The van der Waals surface area contributed by atoms with Crippen molar-refractivity contribution in [3.63, 3.8) is 0 Å². The van der Waals surface area contributed by atoms with Crippen LogP contribution in [0.4, 0.5) is 0 Å². The van der Waals surface area contributed by atoms with Gasteiger partial charge in [0.1, 0.15) is 6.04 Å². The largest absolute Gasteiger partial charge is 0.298 e. The molecular weight excluding hydrogens is 243 g/mol. The predicted octanol–water partition coefficient (Wildman–Crippen LogP) is 3.80. The fourth-order valence-corrected chi connectivity index (χ4v) is 1.97. The lowest BCUT2D eigenvalue weighted by Crippen LogP contribution is -2.24. The van der Waals surface area contributed by atoms with Crippen molar-refractivity contribution in [3.8, 4) is 6.07 Å². The summed E-state index contributed by atoms with van der Waals surface area (Å²) in [7, 11) is 0. The van der Waals surface area contributed by atoms with E-state index in [1.54, 1.807) is 18.2 Å². The maximum atomic E-state index is 9.11. The van der Waals surface area contributed by atoms with Gasteiger partial charge in [0.05, 0.1) is 6.07 Å². The van der Waals surface area contributed by atoms with E-state index < -0.39 is 6.04 Å². The molecule has 0 bridgehead atoms. The minimum atomic E-state index is -0.455. The van der Waals surface area contributed by atoms with Crippen molar-refractivity contribution in [1.82, 2.24) is 5.32 Å². The van der Waals surface area contributed by atoms with Gasteiger partial charge in [-0.05, 0) is 24.6 Å². The second kappa shape index (κ2) is 6.10. The van der Waals surface area contributed by atoms with Crippen molar-refractivity contribution in [1.29, 1.82) is 5.26 Å². The van der Waals surface area contributed by atoms with Gasteiger partial charge in [-0.15, -0.1) is 0 Å². The zero-order valence-electron chi connectivity index (χ0n) is 9.30. The summed E-state index contributed by atoms with van der Waals surface area (Å²) in [4.78, 5) is 0. The molecule has 1 N–H and O–H groups in total. The van der Waals surface area contributed by atoms with Crippen molar-refractivity contribution < 1.29 is 0 Å². The third kappa shape index (κ3) is 3.38. The molecule has 1 rings (SSSR count). The molecule has 0 radical (unpaired) electrons. The molecule has 0 fully saturated rings. The molecule has 1 aromatic carbocycles. The van der Waals surface area contributed by atoms with E-state index in [0.29, 0.717) is 21.5 Å². The van der Waals surface area contributed by atoms with Gasteiger partial charge in [-0.2, -0.15) is 5.26 Å². The zero-order chi connectivity index (χ0) is 12.1. The van der Waals surface area contributed by atoms with E-state index in [1.807, 2.05) is 0 Å². The molecule has 0 aliphatic rings. The Bertz CT molecular complexity index is 376. The van der Waals surface area contributed by atoms with Gasteiger partial charge in [0.25, 0.3) is 0 Å². The van der Waals surface area contributed by atoms with Crippen molar-refractivity contribution in [3.05, 3.63) is 33.8 Å². The van der Waals surface area contributed by atoms with Crippen LogP contribution >= 0.6 is 23.2 Å². The van der Waals surface area contributed by atoms with Crippen LogP contribution in [0.3, 0.4) is 0 Å². The van der Waals surface area contributed by atoms with Gasteiger partial charge in [-0.3, -0.25) is 5.32 Å². The molecule has 0 saturated heterocycles. The minimum absolute atomic E-state index is 0.455. The average Bonchev–Trinajstić information content (AvgIpc) is 2.22. The zero-order valence-corrected chi connectivity index (χ0v) is 10.8. The first-order valence-electron chi connectivity index (χ1n) is 5.13. The molecule has 16 heavy (non-hydrogen) atoms. The molecule has 86 valence electrons. The molecule has 0 spiro atoms. The number of nitriles is 1. The van der Waals surface area contributed by atoms with Gasteiger partial charge in [0, 0.05) is 15.6 Å². The van der Waals surface area contributed by atoms with Crippen molar-refractivity contribution in [2.45, 2.75) is 19.9 Å². The van der Waals surface area contributed by atoms with Gasteiger partial charge in [-0.1, -0.05) is 43.1 Å². The van der Waals surface area contributed by atoms with Crippen LogP contribution in [0.15, 0.2) is 18.2 Å². The summed E-state index contributed by atoms with van der Waals surface area (Å²) >= 11 is 12.1. The SMILES string of the molecule is CC(C)CNC(C#N)c1c(Cl)cccc1Cl. The maximum Gasteiger partial charge on any atom is 0.124 e. The Morgan fingerprint density at radius 3 is 2.31 bits per heavy atom. The van der Waals surface area contributed by atoms with Gasteiger partial charge in [0.2, 0.25) is 0 Å². The van der Waals surface area contributed by atoms with E-state index in [1.165, 1.54) is 0 Å². The Labute approximate surface area is 106 Å². The standard InChI is InChI=1S/C12H14Cl2N2/c1-8(2)7-16-11(6-15)12-9(13)4-3-5-10(12)14/h3-5,8,11,16H,7H2,1-2H3. The first-order chi connectivity index (χ1) is 7.56. The van der Waals surface area contributed by atoms with Gasteiger partial charge in [-0.25, -0.2) is 0 Å². The molecule has 1 unspecified atom stereocenters. The summed E-state index contributed by atoms with van der Waals surface area (Å²) in [6.07, 6.45) is 0. The van der Waals surface area contributed by atoms with Crippen LogP contribution in [0.1, 0.15) is 25.5 Å². The molecule has 0 heterocycles. The highest BCUT2D eigenvalue weighted by Gasteiger charge is 2.17. The molecule has 0 aliphatic carbocycles. The Kier molecular flexibility index (Phi) is 5.08. The Morgan fingerprint density at radius 1 is 1.31 bits per heavy atom. The fraction of sp³-hybridized carbons (Fsp3) is 0.417. The second-order valence-electron chi connectivity index (χ2n) is 4.00. The Hall–Kier alpha value is -0.750. The van der Waals surface area contributed by atoms with Crippen LogP contribution in [0, 0.1) is 17.2 Å². The highest BCUT2D eigenvalue weighted by Crippen LogP contribution is 2.29. The van der Waals surface area contributed by atoms with Crippen molar-refractivity contribution in [2.24, 2.45) is 5.92 Å². The summed E-state index contributed by atoms with van der Waals surface area (Å²) in [5.41, 5.74) is 0.661. The monoisotopic (exact) mass is 256 g/mol. The lowest BCUT2D eigenvalue weighted by atomic mass is 10.1. The Balaban J connectivity index is 2.92. The second-order valence-corrected chi connectivity index (χ2v) is 4.81. The first kappa shape index (κ1) is 13.3. The lowest BCUT2D eigenvalue weighted by molar-refractivity contribution is 0.525. The van der Waals surface area contributed by atoms with Crippen LogP contribution in [0.2, 0.25) is 10.0 Å². The smallest absolute Gasteiger partial charge is 0.124 e. The molecule has 2 nitrogen and oxygen atoms in total. The van der Waals surface area contributed by atoms with E-state index in [-0.39, 0.29) is 0 Å². The van der Waals surface area contributed by atoms with Crippen molar-refractivity contribution >= 4 is 23.2 Å². The quantitative estimate of drug-likeness (QED) is 0.890. The predicted molar refractivity (Wildman–Crippen MR) is 67.7 cm³/mol. The number of nitrogens with one attached hydrogen (secondary N) is 1. The van der Waals surface area contributed by atoms with Crippen LogP contribution in [0.5, 0.6) is 0 Å². The number of rotatable bonds is 4. The highest BCUT2D eigenvalue weighted by molar-refractivity contribution is 6.36. The minimum Gasteiger partial charge on any atom is -0.298 e. The van der Waals surface area contributed by atoms with E-state index in [2.05, 4.69) is 25.2 Å². The summed E-state index contributed by atoms with van der Waals surface area (Å²) < 4.78 is 0. The van der Waals surface area contributed by atoms with Crippen LogP contribution < -0.4 is 5.32 Å². The van der Waals surface area contributed by atoms with Crippen LogP contribution in [0.25, 0.3) is 0 Å². The van der Waals surface area contributed by atoms with Gasteiger partial charge >= 0.3 is 0 Å². The molecule has 0 aromatic heterocycles. The summed E-state index contributed by atoms with van der Waals surface area (Å²) in [6, 6.07) is 6.97. The number of benzene rings is 1. The molecule has 1 aromatic rings.